The number of benzene rings is 1. The van der Waals surface area contributed by atoms with Crippen LogP contribution in [0.5, 0.6) is 11.6 Å². The average Bonchev–Trinajstić information content (AvgIpc) is 2.25. The Kier molecular flexibility index (Phi) is 4.17. The number of nitrogens with zero attached hydrogens (tertiary/aromatic N) is 1. The van der Waals surface area contributed by atoms with Gasteiger partial charge in [-0.2, -0.15) is 0 Å². The van der Waals surface area contributed by atoms with E-state index >= 15 is 0 Å². The molecule has 0 spiro atoms. The molecule has 0 saturated carbocycles. The molecule has 114 valence electrons. The Bertz CT molecular complexity index is 658. The first kappa shape index (κ1) is 16.0. The minimum atomic E-state index is -1.63. The summed E-state index contributed by atoms with van der Waals surface area (Å²) >= 11 is 0. The molecule has 0 fully saturated rings. The summed E-state index contributed by atoms with van der Waals surface area (Å²) in [4.78, 5) is 4.63. The second-order valence-corrected chi connectivity index (χ2v) is 16.2. The number of hydrogen-bond acceptors (Lipinski definition) is 3. The highest BCUT2D eigenvalue weighted by Crippen LogP contribution is 2.27. The molecule has 0 atom stereocenters. The van der Waals surface area contributed by atoms with E-state index in [9.17, 15) is 0 Å². The van der Waals surface area contributed by atoms with E-state index in [4.69, 9.17) is 8.85 Å². The van der Waals surface area contributed by atoms with Crippen molar-refractivity contribution in [3.05, 3.63) is 29.8 Å². The minimum Gasteiger partial charge on any atom is -0.544 e. The zero-order valence-corrected chi connectivity index (χ0v) is 16.1. The van der Waals surface area contributed by atoms with E-state index in [1.54, 1.807) is 0 Å². The molecule has 0 bridgehead atoms. The largest absolute Gasteiger partial charge is 0.544 e. The highest BCUT2D eigenvalue weighted by molar-refractivity contribution is 6.70. The van der Waals surface area contributed by atoms with Crippen LogP contribution in [0.1, 0.15) is 5.56 Å². The lowest BCUT2D eigenvalue weighted by Crippen LogP contribution is -2.29. The molecule has 2 rings (SSSR count). The Balaban J connectivity index is 2.41. The van der Waals surface area contributed by atoms with Crippen molar-refractivity contribution in [3.63, 3.8) is 0 Å². The lowest BCUT2D eigenvalue weighted by Gasteiger charge is -2.21. The van der Waals surface area contributed by atoms with Crippen LogP contribution in [-0.2, 0) is 0 Å². The van der Waals surface area contributed by atoms with Gasteiger partial charge in [0.25, 0.3) is 0 Å². The van der Waals surface area contributed by atoms with Gasteiger partial charge in [0.15, 0.2) is 5.88 Å². The molecule has 21 heavy (non-hydrogen) atoms. The highest BCUT2D eigenvalue weighted by Gasteiger charge is 2.19. The smallest absolute Gasteiger partial charge is 0.244 e. The van der Waals surface area contributed by atoms with Crippen LogP contribution < -0.4 is 8.85 Å². The van der Waals surface area contributed by atoms with E-state index in [1.165, 1.54) is 5.56 Å². The normalized spacial score (nSPS) is 12.5. The summed E-state index contributed by atoms with van der Waals surface area (Å²) in [5, 5.41) is 1.13. The fraction of sp³-hybridized carbons (Fsp3) is 0.438. The van der Waals surface area contributed by atoms with E-state index in [0.29, 0.717) is 0 Å². The monoisotopic (exact) mass is 319 g/mol. The molecule has 0 aliphatic rings. The third-order valence-corrected chi connectivity index (χ3v) is 4.47. The number of hydrogen-bond donors (Lipinski definition) is 0. The first-order chi connectivity index (χ1) is 9.53. The van der Waals surface area contributed by atoms with Gasteiger partial charge in [-0.1, -0.05) is 0 Å². The molecular weight excluding hydrogens is 294 g/mol. The molecule has 0 radical (unpaired) electrons. The van der Waals surface area contributed by atoms with Gasteiger partial charge in [0.2, 0.25) is 16.6 Å². The molecule has 0 saturated heterocycles. The van der Waals surface area contributed by atoms with Crippen LogP contribution in [0.15, 0.2) is 24.3 Å². The van der Waals surface area contributed by atoms with Crippen LogP contribution in [-0.4, -0.2) is 21.6 Å². The van der Waals surface area contributed by atoms with Crippen molar-refractivity contribution in [2.45, 2.75) is 46.2 Å². The zero-order valence-electron chi connectivity index (χ0n) is 14.1. The predicted octanol–water partition coefficient (Wildman–Crippen LogP) is 4.97. The number of rotatable bonds is 4. The van der Waals surface area contributed by atoms with Gasteiger partial charge in [-0.3, -0.25) is 0 Å². The second kappa shape index (κ2) is 5.46. The van der Waals surface area contributed by atoms with Crippen molar-refractivity contribution in [1.82, 2.24) is 4.98 Å². The third kappa shape index (κ3) is 4.57. The quantitative estimate of drug-likeness (QED) is 0.746. The molecule has 5 heteroatoms. The molecule has 1 aromatic heterocycles. The van der Waals surface area contributed by atoms with Crippen LogP contribution in [0.25, 0.3) is 10.9 Å². The Morgan fingerprint density at radius 3 is 2.05 bits per heavy atom. The highest BCUT2D eigenvalue weighted by atomic mass is 28.4. The maximum atomic E-state index is 6.06. The first-order valence-corrected chi connectivity index (χ1v) is 14.1. The molecule has 0 amide bonds. The number of aromatic nitrogens is 1. The third-order valence-electron chi connectivity index (χ3n) is 2.80. The number of pyridine rings is 1. The van der Waals surface area contributed by atoms with E-state index in [0.717, 1.165) is 22.5 Å². The summed E-state index contributed by atoms with van der Waals surface area (Å²) in [5.74, 6) is 1.67. The molecule has 0 aliphatic heterocycles. The molecule has 0 unspecified atom stereocenters. The fourth-order valence-corrected chi connectivity index (χ4v) is 3.69. The van der Waals surface area contributed by atoms with Crippen molar-refractivity contribution >= 4 is 27.5 Å². The van der Waals surface area contributed by atoms with Gasteiger partial charge < -0.3 is 8.85 Å². The average molecular weight is 320 g/mol. The van der Waals surface area contributed by atoms with Gasteiger partial charge >= 0.3 is 0 Å². The summed E-state index contributed by atoms with van der Waals surface area (Å²) in [5.41, 5.74) is 2.14. The van der Waals surface area contributed by atoms with Crippen molar-refractivity contribution in [2.24, 2.45) is 0 Å². The Labute approximate surface area is 129 Å². The first-order valence-electron chi connectivity index (χ1n) is 7.33. The van der Waals surface area contributed by atoms with E-state index < -0.39 is 16.6 Å². The Morgan fingerprint density at radius 2 is 1.48 bits per heavy atom. The summed E-state index contributed by atoms with van der Waals surface area (Å²) in [6.07, 6.45) is 0. The molecule has 0 aliphatic carbocycles. The van der Waals surface area contributed by atoms with Crippen LogP contribution in [0.4, 0.5) is 0 Å². The molecule has 1 heterocycles. The maximum Gasteiger partial charge on any atom is 0.244 e. The van der Waals surface area contributed by atoms with Crippen molar-refractivity contribution in [1.29, 1.82) is 0 Å². The topological polar surface area (TPSA) is 31.4 Å². The summed E-state index contributed by atoms with van der Waals surface area (Å²) in [7, 11) is -3.22. The minimum absolute atomic E-state index is 0.734. The van der Waals surface area contributed by atoms with Crippen LogP contribution in [0, 0.1) is 6.92 Å². The maximum absolute atomic E-state index is 6.06. The lowest BCUT2D eigenvalue weighted by molar-refractivity contribution is 0.536. The number of fused-ring (bicyclic) bond motifs is 1. The Morgan fingerprint density at radius 1 is 0.857 bits per heavy atom. The molecule has 0 N–H and O–H groups in total. The van der Waals surface area contributed by atoms with Crippen LogP contribution >= 0.6 is 0 Å². The van der Waals surface area contributed by atoms with Gasteiger partial charge in [0.05, 0.1) is 5.52 Å². The van der Waals surface area contributed by atoms with Crippen molar-refractivity contribution < 1.29 is 8.85 Å². The summed E-state index contributed by atoms with van der Waals surface area (Å²) in [6.45, 7) is 15.2. The standard InChI is InChI=1S/C16H25NO2Si2/c1-12-10-16(19-21(5,6)7)17-15-9-8-13(11-14(12)15)18-20(2,3)4/h8-11H,1-7H3. The molecule has 2 aromatic rings. The van der Waals surface area contributed by atoms with Crippen LogP contribution in [0.2, 0.25) is 39.3 Å². The molecule has 3 nitrogen and oxygen atoms in total. The molecular formula is C16H25NO2Si2. The van der Waals surface area contributed by atoms with Gasteiger partial charge in [-0.25, -0.2) is 4.98 Å². The van der Waals surface area contributed by atoms with Gasteiger partial charge in [0.1, 0.15) is 5.75 Å². The van der Waals surface area contributed by atoms with Crippen molar-refractivity contribution in [2.75, 3.05) is 0 Å². The van der Waals surface area contributed by atoms with Crippen molar-refractivity contribution in [3.8, 4) is 11.6 Å². The Hall–Kier alpha value is -1.34. The zero-order chi connectivity index (χ0) is 15.8. The number of aryl methyl sites for hydroxylation is 1. The fourth-order valence-electron chi connectivity index (χ4n) is 2.13. The van der Waals surface area contributed by atoms with Gasteiger partial charge in [-0.05, 0) is 70.0 Å². The van der Waals surface area contributed by atoms with E-state index in [-0.39, 0.29) is 0 Å². The second-order valence-electron chi connectivity index (χ2n) is 7.39. The van der Waals surface area contributed by atoms with Gasteiger partial charge in [0, 0.05) is 11.5 Å². The van der Waals surface area contributed by atoms with Gasteiger partial charge in [-0.15, -0.1) is 0 Å². The summed E-state index contributed by atoms with van der Waals surface area (Å²) in [6, 6.07) is 8.15. The van der Waals surface area contributed by atoms with E-state index in [1.807, 2.05) is 18.2 Å². The lowest BCUT2D eigenvalue weighted by atomic mass is 10.1. The molecule has 1 aromatic carbocycles. The predicted molar refractivity (Wildman–Crippen MR) is 94.4 cm³/mol. The van der Waals surface area contributed by atoms with Crippen LogP contribution in [0.3, 0.4) is 0 Å². The SMILES string of the molecule is Cc1cc(O[Si](C)(C)C)nc2ccc(O[Si](C)(C)C)cc12. The summed E-state index contributed by atoms with van der Waals surface area (Å²) < 4.78 is 12.1. The van der Waals surface area contributed by atoms with E-state index in [2.05, 4.69) is 57.3 Å².